The molecule has 2 fully saturated rings. The first-order valence-corrected chi connectivity index (χ1v) is 8.55. The normalized spacial score (nSPS) is 36.5. The van der Waals surface area contributed by atoms with Gasteiger partial charge in [-0.2, -0.15) is 0 Å². The van der Waals surface area contributed by atoms with Crippen LogP contribution in [0.1, 0.15) is 12.8 Å². The van der Waals surface area contributed by atoms with Crippen LogP contribution in [0.3, 0.4) is 0 Å². The van der Waals surface area contributed by atoms with E-state index in [4.69, 9.17) is 21.1 Å². The van der Waals surface area contributed by atoms with Gasteiger partial charge >= 0.3 is 6.03 Å². The largest absolute Gasteiger partial charge is 0.394 e. The lowest BCUT2D eigenvalue weighted by Gasteiger charge is -2.44. The maximum Gasteiger partial charge on any atom is 0.319 e. The van der Waals surface area contributed by atoms with Gasteiger partial charge in [-0.05, 0) is 12.8 Å². The summed E-state index contributed by atoms with van der Waals surface area (Å²) in [6.45, 7) is 0.408. The summed E-state index contributed by atoms with van der Waals surface area (Å²) in [4.78, 5) is 13.6. The number of aliphatic hydroxyl groups excluding tert-OH is 4. The van der Waals surface area contributed by atoms with Gasteiger partial charge < -0.3 is 35.2 Å². The standard InChI is InChI=1S/C14H25ClN2O7/c15-3-4-16-14(22)17(6-8-2-1-5-23-8)13-12(21)11(20)10(19)9(7-18)24-13/h8-13,18-21H,1-7H2,(H,16,22)/t8?,9-,10-,11+,12-,13-/m1/s1. The van der Waals surface area contributed by atoms with E-state index in [1.165, 1.54) is 4.90 Å². The van der Waals surface area contributed by atoms with E-state index in [1.54, 1.807) is 0 Å². The lowest BCUT2D eigenvalue weighted by Crippen LogP contribution is -2.65. The Kier molecular flexibility index (Phi) is 7.48. The molecule has 2 amide bonds. The number of urea groups is 1. The summed E-state index contributed by atoms with van der Waals surface area (Å²) >= 11 is 5.58. The van der Waals surface area contributed by atoms with Crippen molar-refractivity contribution in [2.45, 2.75) is 49.6 Å². The number of aliphatic hydroxyl groups is 4. The van der Waals surface area contributed by atoms with E-state index in [9.17, 15) is 25.2 Å². The number of ether oxygens (including phenoxy) is 2. The molecule has 0 saturated carbocycles. The second-order valence-corrected chi connectivity index (χ2v) is 6.31. The van der Waals surface area contributed by atoms with E-state index >= 15 is 0 Å². The summed E-state index contributed by atoms with van der Waals surface area (Å²) in [5, 5.41) is 41.9. The first kappa shape index (κ1) is 19.6. The smallest absolute Gasteiger partial charge is 0.319 e. The van der Waals surface area contributed by atoms with Gasteiger partial charge in [-0.15, -0.1) is 11.6 Å². The van der Waals surface area contributed by atoms with Crippen molar-refractivity contribution in [3.63, 3.8) is 0 Å². The minimum absolute atomic E-state index is 0.150. The van der Waals surface area contributed by atoms with Crippen molar-refractivity contribution in [1.82, 2.24) is 10.2 Å². The van der Waals surface area contributed by atoms with E-state index in [0.29, 0.717) is 6.61 Å². The highest BCUT2D eigenvalue weighted by Crippen LogP contribution is 2.25. The van der Waals surface area contributed by atoms with Crippen LogP contribution in [-0.2, 0) is 9.47 Å². The Morgan fingerprint density at radius 1 is 1.25 bits per heavy atom. The first-order chi connectivity index (χ1) is 11.5. The molecule has 0 aromatic heterocycles. The highest BCUT2D eigenvalue weighted by Gasteiger charge is 2.47. The average Bonchev–Trinajstić information content (AvgIpc) is 3.09. The molecule has 0 aromatic rings. The Labute approximate surface area is 145 Å². The quantitative estimate of drug-likeness (QED) is 0.350. The Hall–Kier alpha value is -0.680. The summed E-state index contributed by atoms with van der Waals surface area (Å²) < 4.78 is 11.0. The number of rotatable bonds is 6. The number of halogens is 1. The molecule has 1 unspecified atom stereocenters. The van der Waals surface area contributed by atoms with Crippen LogP contribution in [0, 0.1) is 0 Å². The lowest BCUT2D eigenvalue weighted by molar-refractivity contribution is -0.258. The second kappa shape index (κ2) is 9.14. The molecule has 0 bridgehead atoms. The molecule has 9 nitrogen and oxygen atoms in total. The van der Waals surface area contributed by atoms with Crippen molar-refractivity contribution >= 4 is 17.6 Å². The van der Waals surface area contributed by atoms with Crippen LogP contribution >= 0.6 is 11.6 Å². The van der Waals surface area contributed by atoms with Gasteiger partial charge in [-0.25, -0.2) is 4.79 Å². The summed E-state index contributed by atoms with van der Waals surface area (Å²) in [6, 6.07) is -0.532. The fraction of sp³-hybridized carbons (Fsp3) is 0.929. The Bertz CT molecular complexity index is 409. The maximum atomic E-state index is 12.4. The molecule has 2 aliphatic heterocycles. The summed E-state index contributed by atoms with van der Waals surface area (Å²) in [5.41, 5.74) is 0. The zero-order valence-corrected chi connectivity index (χ0v) is 14.0. The van der Waals surface area contributed by atoms with Gasteiger partial charge in [0.05, 0.1) is 19.3 Å². The molecule has 5 N–H and O–H groups in total. The van der Waals surface area contributed by atoms with Crippen molar-refractivity contribution in [2.24, 2.45) is 0 Å². The third-order valence-electron chi connectivity index (χ3n) is 4.23. The van der Waals surface area contributed by atoms with E-state index in [0.717, 1.165) is 12.8 Å². The third kappa shape index (κ3) is 4.48. The van der Waals surface area contributed by atoms with Crippen LogP contribution in [-0.4, -0.2) is 100 Å². The van der Waals surface area contributed by atoms with Gasteiger partial charge in [-0.3, -0.25) is 4.90 Å². The number of nitrogens with one attached hydrogen (secondary N) is 1. The number of hydrogen-bond acceptors (Lipinski definition) is 7. The topological polar surface area (TPSA) is 132 Å². The molecule has 0 aromatic carbocycles. The van der Waals surface area contributed by atoms with Gasteiger partial charge in [0.25, 0.3) is 0 Å². The van der Waals surface area contributed by atoms with Crippen molar-refractivity contribution in [3.05, 3.63) is 0 Å². The summed E-state index contributed by atoms with van der Waals surface area (Å²) in [7, 11) is 0. The molecule has 24 heavy (non-hydrogen) atoms. The first-order valence-electron chi connectivity index (χ1n) is 8.02. The summed E-state index contributed by atoms with van der Waals surface area (Å²) in [6.07, 6.45) is -5.43. The van der Waals surface area contributed by atoms with Crippen molar-refractivity contribution < 1.29 is 34.7 Å². The Morgan fingerprint density at radius 3 is 2.58 bits per heavy atom. The zero-order valence-electron chi connectivity index (χ0n) is 13.3. The van der Waals surface area contributed by atoms with Crippen LogP contribution < -0.4 is 5.32 Å². The molecule has 10 heteroatoms. The van der Waals surface area contributed by atoms with Crippen LogP contribution in [0.5, 0.6) is 0 Å². The van der Waals surface area contributed by atoms with E-state index in [1.807, 2.05) is 0 Å². The summed E-state index contributed by atoms with van der Waals surface area (Å²) in [5.74, 6) is 0.216. The fourth-order valence-corrected chi connectivity index (χ4v) is 3.00. The molecule has 2 rings (SSSR count). The number of nitrogens with zero attached hydrogens (tertiary/aromatic N) is 1. The van der Waals surface area contributed by atoms with E-state index in [2.05, 4.69) is 5.32 Å². The lowest BCUT2D eigenvalue weighted by atomic mass is 9.97. The predicted molar refractivity (Wildman–Crippen MR) is 83.6 cm³/mol. The second-order valence-electron chi connectivity index (χ2n) is 5.93. The van der Waals surface area contributed by atoms with Crippen LogP contribution in [0.2, 0.25) is 0 Å². The average molecular weight is 369 g/mol. The molecule has 0 aliphatic carbocycles. The molecule has 6 atom stereocenters. The van der Waals surface area contributed by atoms with Gasteiger partial charge in [0.15, 0.2) is 6.23 Å². The molecule has 0 radical (unpaired) electrons. The Morgan fingerprint density at radius 2 is 2.00 bits per heavy atom. The molecule has 0 spiro atoms. The predicted octanol–water partition coefficient (Wildman–Crippen LogP) is -1.78. The van der Waals surface area contributed by atoms with E-state index < -0.39 is 43.3 Å². The van der Waals surface area contributed by atoms with Crippen LogP contribution in [0.15, 0.2) is 0 Å². The number of alkyl halides is 1. The van der Waals surface area contributed by atoms with Crippen LogP contribution in [0.25, 0.3) is 0 Å². The molecular formula is C14H25ClN2O7. The number of hydrogen-bond donors (Lipinski definition) is 5. The minimum Gasteiger partial charge on any atom is -0.394 e. The van der Waals surface area contributed by atoms with Gasteiger partial charge in [0.2, 0.25) is 0 Å². The highest BCUT2D eigenvalue weighted by atomic mass is 35.5. The van der Waals surface area contributed by atoms with E-state index in [-0.39, 0.29) is 25.1 Å². The molecule has 2 aliphatic rings. The van der Waals surface area contributed by atoms with Gasteiger partial charge in [0, 0.05) is 19.0 Å². The van der Waals surface area contributed by atoms with Gasteiger partial charge in [-0.1, -0.05) is 0 Å². The number of carbonyl (C=O) groups is 1. The van der Waals surface area contributed by atoms with Crippen molar-refractivity contribution in [3.8, 4) is 0 Å². The Balaban J connectivity index is 2.14. The molecule has 2 heterocycles. The molecular weight excluding hydrogens is 344 g/mol. The maximum absolute atomic E-state index is 12.4. The fourth-order valence-electron chi connectivity index (χ4n) is 2.91. The SMILES string of the molecule is O=C(NCCCl)N(CC1CCCO1)[C@@H]1O[C@H](CO)[C@@H](O)[C@H](O)[C@H]1O. The highest BCUT2D eigenvalue weighted by molar-refractivity contribution is 6.18. The number of amides is 2. The van der Waals surface area contributed by atoms with Crippen molar-refractivity contribution in [1.29, 1.82) is 0 Å². The molecule has 2 saturated heterocycles. The third-order valence-corrected chi connectivity index (χ3v) is 4.42. The van der Waals surface area contributed by atoms with Gasteiger partial charge in [0.1, 0.15) is 24.4 Å². The number of carbonyl (C=O) groups excluding carboxylic acids is 1. The monoisotopic (exact) mass is 368 g/mol. The zero-order chi connectivity index (χ0) is 17.7. The van der Waals surface area contributed by atoms with Crippen molar-refractivity contribution in [2.75, 3.05) is 32.2 Å². The van der Waals surface area contributed by atoms with Crippen LogP contribution in [0.4, 0.5) is 4.79 Å². The minimum atomic E-state index is -1.55. The molecule has 140 valence electrons.